The number of rotatable bonds is 7. The fourth-order valence-electron chi connectivity index (χ4n) is 2.83. The Labute approximate surface area is 152 Å². The third-order valence-corrected chi connectivity index (χ3v) is 4.70. The standard InChI is InChI=1S/C18H26BrN3O2/c1-2-9-20-18(24)13-22-10-7-16(8-11-22)21-17(23)12-14-3-5-15(19)6-4-14/h3-6,16H,2,7-13H2,1H3,(H,20,24)(H,21,23). The van der Waals surface area contributed by atoms with Crippen molar-refractivity contribution in [1.82, 2.24) is 15.5 Å². The van der Waals surface area contributed by atoms with Crippen LogP contribution in [0.4, 0.5) is 0 Å². The number of carbonyl (C=O) groups is 2. The summed E-state index contributed by atoms with van der Waals surface area (Å²) >= 11 is 3.39. The number of carbonyl (C=O) groups excluding carboxylic acids is 2. The van der Waals surface area contributed by atoms with Gasteiger partial charge in [-0.3, -0.25) is 14.5 Å². The quantitative estimate of drug-likeness (QED) is 0.742. The first-order valence-corrected chi connectivity index (χ1v) is 9.39. The van der Waals surface area contributed by atoms with E-state index in [2.05, 4.69) is 31.5 Å². The largest absolute Gasteiger partial charge is 0.355 e. The van der Waals surface area contributed by atoms with Crippen LogP contribution in [0.3, 0.4) is 0 Å². The zero-order valence-corrected chi connectivity index (χ0v) is 15.8. The van der Waals surface area contributed by atoms with E-state index in [1.54, 1.807) is 0 Å². The summed E-state index contributed by atoms with van der Waals surface area (Å²) in [6.07, 6.45) is 3.16. The van der Waals surface area contributed by atoms with Crippen LogP contribution < -0.4 is 10.6 Å². The average molecular weight is 396 g/mol. The number of likely N-dealkylation sites (tertiary alicyclic amines) is 1. The van der Waals surface area contributed by atoms with Crippen LogP contribution in [0.5, 0.6) is 0 Å². The molecule has 1 heterocycles. The highest BCUT2D eigenvalue weighted by Crippen LogP contribution is 2.12. The van der Waals surface area contributed by atoms with Crippen molar-refractivity contribution in [2.45, 2.75) is 38.6 Å². The van der Waals surface area contributed by atoms with Crippen LogP contribution >= 0.6 is 15.9 Å². The van der Waals surface area contributed by atoms with E-state index in [-0.39, 0.29) is 17.9 Å². The summed E-state index contributed by atoms with van der Waals surface area (Å²) in [7, 11) is 0. The van der Waals surface area contributed by atoms with Gasteiger partial charge in [0.1, 0.15) is 0 Å². The summed E-state index contributed by atoms with van der Waals surface area (Å²) in [5.74, 6) is 0.158. The van der Waals surface area contributed by atoms with Gasteiger partial charge >= 0.3 is 0 Å². The molecule has 0 saturated carbocycles. The molecule has 2 rings (SSSR count). The second-order valence-corrected chi connectivity index (χ2v) is 7.19. The highest BCUT2D eigenvalue weighted by Gasteiger charge is 2.21. The molecule has 1 saturated heterocycles. The minimum absolute atomic E-state index is 0.0662. The van der Waals surface area contributed by atoms with E-state index in [9.17, 15) is 9.59 Å². The van der Waals surface area contributed by atoms with Gasteiger partial charge in [0.05, 0.1) is 13.0 Å². The maximum atomic E-state index is 12.1. The summed E-state index contributed by atoms with van der Waals surface area (Å²) in [6.45, 7) is 4.94. The molecule has 2 amide bonds. The Hall–Kier alpha value is -1.40. The van der Waals surface area contributed by atoms with Gasteiger partial charge in [0, 0.05) is 30.1 Å². The smallest absolute Gasteiger partial charge is 0.234 e. The van der Waals surface area contributed by atoms with Gasteiger partial charge in [-0.05, 0) is 37.0 Å². The van der Waals surface area contributed by atoms with Gasteiger partial charge in [0.15, 0.2) is 0 Å². The zero-order chi connectivity index (χ0) is 17.4. The van der Waals surface area contributed by atoms with E-state index in [1.807, 2.05) is 31.2 Å². The summed E-state index contributed by atoms with van der Waals surface area (Å²) in [5.41, 5.74) is 1.01. The van der Waals surface area contributed by atoms with E-state index in [1.165, 1.54) is 0 Å². The Morgan fingerprint density at radius 1 is 1.17 bits per heavy atom. The van der Waals surface area contributed by atoms with Gasteiger partial charge in [0.2, 0.25) is 11.8 Å². The Morgan fingerprint density at radius 2 is 1.83 bits per heavy atom. The molecule has 1 fully saturated rings. The SMILES string of the molecule is CCCNC(=O)CN1CCC(NC(=O)Cc2ccc(Br)cc2)CC1. The first-order valence-electron chi connectivity index (χ1n) is 8.59. The molecule has 0 spiro atoms. The lowest BCUT2D eigenvalue weighted by Gasteiger charge is -2.31. The van der Waals surface area contributed by atoms with Crippen molar-refractivity contribution in [3.05, 3.63) is 34.3 Å². The van der Waals surface area contributed by atoms with E-state index < -0.39 is 0 Å². The van der Waals surface area contributed by atoms with Gasteiger partial charge in [0.25, 0.3) is 0 Å². The average Bonchev–Trinajstić information content (AvgIpc) is 2.57. The lowest BCUT2D eigenvalue weighted by Crippen LogP contribution is -2.47. The van der Waals surface area contributed by atoms with Crippen LogP contribution in [-0.4, -0.2) is 48.9 Å². The maximum Gasteiger partial charge on any atom is 0.234 e. The molecule has 1 aliphatic heterocycles. The molecule has 5 nitrogen and oxygen atoms in total. The van der Waals surface area contributed by atoms with E-state index in [0.29, 0.717) is 13.0 Å². The predicted octanol–water partition coefficient (Wildman–Crippen LogP) is 2.10. The number of benzene rings is 1. The van der Waals surface area contributed by atoms with Crippen molar-refractivity contribution in [3.63, 3.8) is 0 Å². The Morgan fingerprint density at radius 3 is 2.46 bits per heavy atom. The van der Waals surface area contributed by atoms with Gasteiger partial charge < -0.3 is 10.6 Å². The molecule has 1 aromatic rings. The van der Waals surface area contributed by atoms with Crippen LogP contribution in [0.25, 0.3) is 0 Å². The molecule has 0 aromatic heterocycles. The number of amides is 2. The van der Waals surface area contributed by atoms with Crippen LogP contribution in [-0.2, 0) is 16.0 Å². The Kier molecular flexibility index (Phi) is 7.72. The lowest BCUT2D eigenvalue weighted by atomic mass is 10.0. The van der Waals surface area contributed by atoms with E-state index in [0.717, 1.165) is 48.9 Å². The molecular weight excluding hydrogens is 370 g/mol. The summed E-state index contributed by atoms with van der Waals surface area (Å²) in [5, 5.41) is 6.01. The van der Waals surface area contributed by atoms with E-state index >= 15 is 0 Å². The van der Waals surface area contributed by atoms with Crippen LogP contribution in [0, 0.1) is 0 Å². The third kappa shape index (κ3) is 6.61. The van der Waals surface area contributed by atoms with Crippen molar-refractivity contribution in [1.29, 1.82) is 0 Å². The lowest BCUT2D eigenvalue weighted by molar-refractivity contribution is -0.124. The molecule has 0 unspecified atom stereocenters. The number of nitrogens with zero attached hydrogens (tertiary/aromatic N) is 1. The zero-order valence-electron chi connectivity index (χ0n) is 14.2. The molecule has 0 aliphatic carbocycles. The second kappa shape index (κ2) is 9.79. The van der Waals surface area contributed by atoms with Crippen molar-refractivity contribution >= 4 is 27.7 Å². The summed E-state index contributed by atoms with van der Waals surface area (Å²) in [4.78, 5) is 26.0. The first-order chi connectivity index (χ1) is 11.6. The summed E-state index contributed by atoms with van der Waals surface area (Å²) < 4.78 is 1.02. The van der Waals surface area contributed by atoms with Crippen molar-refractivity contribution < 1.29 is 9.59 Å². The third-order valence-electron chi connectivity index (χ3n) is 4.17. The molecule has 0 atom stereocenters. The monoisotopic (exact) mass is 395 g/mol. The van der Waals surface area contributed by atoms with Crippen LogP contribution in [0.15, 0.2) is 28.7 Å². The number of halogens is 1. The van der Waals surface area contributed by atoms with Crippen molar-refractivity contribution in [3.8, 4) is 0 Å². The first kappa shape index (κ1) is 18.9. The minimum Gasteiger partial charge on any atom is -0.355 e. The summed E-state index contributed by atoms with van der Waals surface area (Å²) in [6, 6.07) is 8.03. The maximum absolute atomic E-state index is 12.1. The number of hydrogen-bond acceptors (Lipinski definition) is 3. The molecule has 24 heavy (non-hydrogen) atoms. The number of hydrogen-bond donors (Lipinski definition) is 2. The van der Waals surface area contributed by atoms with Crippen LogP contribution in [0.1, 0.15) is 31.7 Å². The predicted molar refractivity (Wildman–Crippen MR) is 98.8 cm³/mol. The van der Waals surface area contributed by atoms with Crippen molar-refractivity contribution in [2.24, 2.45) is 0 Å². The molecule has 132 valence electrons. The fourth-order valence-corrected chi connectivity index (χ4v) is 3.09. The fraction of sp³-hybridized carbons (Fsp3) is 0.556. The molecule has 6 heteroatoms. The molecule has 0 bridgehead atoms. The Bertz CT molecular complexity index is 540. The van der Waals surface area contributed by atoms with Gasteiger partial charge in [-0.1, -0.05) is 35.0 Å². The molecule has 2 N–H and O–H groups in total. The van der Waals surface area contributed by atoms with Crippen molar-refractivity contribution in [2.75, 3.05) is 26.2 Å². The minimum atomic E-state index is 0.0662. The second-order valence-electron chi connectivity index (χ2n) is 6.27. The van der Waals surface area contributed by atoms with Gasteiger partial charge in [-0.2, -0.15) is 0 Å². The molecule has 0 radical (unpaired) electrons. The number of nitrogens with one attached hydrogen (secondary N) is 2. The molecular formula is C18H26BrN3O2. The number of piperidine rings is 1. The van der Waals surface area contributed by atoms with Gasteiger partial charge in [-0.15, -0.1) is 0 Å². The molecule has 1 aliphatic rings. The van der Waals surface area contributed by atoms with E-state index in [4.69, 9.17) is 0 Å². The normalized spacial score (nSPS) is 15.9. The highest BCUT2D eigenvalue weighted by molar-refractivity contribution is 9.10. The van der Waals surface area contributed by atoms with Crippen LogP contribution in [0.2, 0.25) is 0 Å². The van der Waals surface area contributed by atoms with Gasteiger partial charge in [-0.25, -0.2) is 0 Å². The highest BCUT2D eigenvalue weighted by atomic mass is 79.9. The Balaban J connectivity index is 1.67. The molecule has 1 aromatic carbocycles. The topological polar surface area (TPSA) is 61.4 Å².